The van der Waals surface area contributed by atoms with Crippen molar-refractivity contribution >= 4 is 16.9 Å². The fourth-order valence-corrected chi connectivity index (χ4v) is 2.74. The molecule has 2 aromatic heterocycles. The van der Waals surface area contributed by atoms with Gasteiger partial charge in [0.05, 0.1) is 16.8 Å². The number of aryl methyl sites for hydroxylation is 2. The average Bonchev–Trinajstić information content (AvgIpc) is 2.92. The molecule has 5 heteroatoms. The van der Waals surface area contributed by atoms with Crippen molar-refractivity contribution in [2.45, 2.75) is 34.1 Å². The Bertz CT molecular complexity index is 794. The number of nitrogens with zero attached hydrogens (tertiary/aromatic N) is 3. The molecule has 5 nitrogen and oxygen atoms in total. The van der Waals surface area contributed by atoms with Crippen molar-refractivity contribution in [3.63, 3.8) is 0 Å². The fourth-order valence-electron chi connectivity index (χ4n) is 2.74. The number of fused-ring (bicyclic) bond motifs is 1. The predicted octanol–water partition coefficient (Wildman–Crippen LogP) is 3.15. The second-order valence-corrected chi connectivity index (χ2v) is 6.08. The van der Waals surface area contributed by atoms with E-state index >= 15 is 0 Å². The van der Waals surface area contributed by atoms with Gasteiger partial charge in [-0.1, -0.05) is 31.5 Å². The molecule has 0 aliphatic rings. The number of aromatic nitrogens is 4. The molecule has 0 amide bonds. The SMILES string of the molecule is Cc1ccc(-n2nc(CC(C)C)c3c(N)[nH]nc32)c(C)c1. The maximum Gasteiger partial charge on any atom is 0.186 e. The van der Waals surface area contributed by atoms with E-state index in [-0.39, 0.29) is 0 Å². The molecule has 0 bridgehead atoms. The molecule has 0 saturated heterocycles. The zero-order valence-electron chi connectivity index (χ0n) is 12.9. The van der Waals surface area contributed by atoms with Crippen LogP contribution in [0.5, 0.6) is 0 Å². The molecule has 0 fully saturated rings. The first-order valence-corrected chi connectivity index (χ1v) is 7.26. The first-order chi connectivity index (χ1) is 9.97. The molecule has 1 aromatic carbocycles. The summed E-state index contributed by atoms with van der Waals surface area (Å²) in [4.78, 5) is 0. The quantitative estimate of drug-likeness (QED) is 0.775. The topological polar surface area (TPSA) is 72.5 Å². The molecule has 0 radical (unpaired) electrons. The smallest absolute Gasteiger partial charge is 0.186 e. The Balaban J connectivity index is 2.23. The molecule has 0 aliphatic carbocycles. The number of nitrogens with two attached hydrogens (primary N) is 1. The summed E-state index contributed by atoms with van der Waals surface area (Å²) >= 11 is 0. The summed E-state index contributed by atoms with van der Waals surface area (Å²) in [6.07, 6.45) is 0.887. The number of H-pyrrole nitrogens is 1. The van der Waals surface area contributed by atoms with Crippen molar-refractivity contribution in [3.05, 3.63) is 35.0 Å². The standard InChI is InChI=1S/C16H21N5/c1-9(2)7-12-14-15(17)18-19-16(14)21(20-12)13-6-5-10(3)8-11(13)4/h5-6,8-9H,7H2,1-4H3,(H3,17,18,19). The third kappa shape index (κ3) is 2.28. The molecule has 110 valence electrons. The van der Waals surface area contributed by atoms with Gasteiger partial charge in [-0.3, -0.25) is 5.10 Å². The van der Waals surface area contributed by atoms with Crippen molar-refractivity contribution in [2.24, 2.45) is 5.92 Å². The molecule has 3 aromatic rings. The number of rotatable bonds is 3. The number of aromatic amines is 1. The molecular formula is C16H21N5. The van der Waals surface area contributed by atoms with E-state index in [1.807, 2.05) is 4.68 Å². The highest BCUT2D eigenvalue weighted by Crippen LogP contribution is 2.27. The lowest BCUT2D eigenvalue weighted by molar-refractivity contribution is 0.630. The molecule has 0 unspecified atom stereocenters. The first kappa shape index (κ1) is 13.7. The maximum atomic E-state index is 6.03. The lowest BCUT2D eigenvalue weighted by Gasteiger charge is -2.07. The van der Waals surface area contributed by atoms with Crippen molar-refractivity contribution in [3.8, 4) is 5.69 Å². The third-order valence-electron chi connectivity index (χ3n) is 3.67. The summed E-state index contributed by atoms with van der Waals surface area (Å²) in [6, 6.07) is 6.33. The number of nitrogen functional groups attached to an aromatic ring is 1. The Morgan fingerprint density at radius 2 is 2.05 bits per heavy atom. The second kappa shape index (κ2) is 4.91. The molecule has 0 atom stereocenters. The maximum absolute atomic E-state index is 6.03. The van der Waals surface area contributed by atoms with Crippen LogP contribution in [0.1, 0.15) is 30.7 Å². The Labute approximate surface area is 124 Å². The van der Waals surface area contributed by atoms with Gasteiger partial charge < -0.3 is 5.73 Å². The van der Waals surface area contributed by atoms with Gasteiger partial charge in [-0.05, 0) is 37.8 Å². The largest absolute Gasteiger partial charge is 0.383 e. The van der Waals surface area contributed by atoms with Crippen LogP contribution in [0.3, 0.4) is 0 Å². The van der Waals surface area contributed by atoms with Crippen LogP contribution in [0.25, 0.3) is 16.7 Å². The minimum Gasteiger partial charge on any atom is -0.383 e. The van der Waals surface area contributed by atoms with E-state index in [1.165, 1.54) is 11.1 Å². The molecule has 0 saturated carbocycles. The van der Waals surface area contributed by atoms with E-state index in [9.17, 15) is 0 Å². The van der Waals surface area contributed by atoms with Crippen LogP contribution in [-0.2, 0) is 6.42 Å². The minimum absolute atomic E-state index is 0.518. The van der Waals surface area contributed by atoms with E-state index in [1.54, 1.807) is 0 Å². The zero-order chi connectivity index (χ0) is 15.1. The van der Waals surface area contributed by atoms with E-state index in [4.69, 9.17) is 10.8 Å². The molecule has 0 spiro atoms. The predicted molar refractivity (Wildman–Crippen MR) is 85.6 cm³/mol. The van der Waals surface area contributed by atoms with Gasteiger partial charge in [0.25, 0.3) is 0 Å². The highest BCUT2D eigenvalue weighted by Gasteiger charge is 2.19. The highest BCUT2D eigenvalue weighted by molar-refractivity contribution is 5.90. The fraction of sp³-hybridized carbons (Fsp3) is 0.375. The molecule has 21 heavy (non-hydrogen) atoms. The molecule has 3 rings (SSSR count). The van der Waals surface area contributed by atoms with Crippen LogP contribution in [0.2, 0.25) is 0 Å². The third-order valence-corrected chi connectivity index (χ3v) is 3.67. The van der Waals surface area contributed by atoms with Gasteiger partial charge in [0.1, 0.15) is 5.82 Å². The van der Waals surface area contributed by atoms with Crippen LogP contribution in [0, 0.1) is 19.8 Å². The molecule has 3 N–H and O–H groups in total. The van der Waals surface area contributed by atoms with Crippen LogP contribution in [0.4, 0.5) is 5.82 Å². The Morgan fingerprint density at radius 3 is 2.71 bits per heavy atom. The van der Waals surface area contributed by atoms with Crippen LogP contribution in [0.15, 0.2) is 18.2 Å². The zero-order valence-corrected chi connectivity index (χ0v) is 12.9. The van der Waals surface area contributed by atoms with E-state index < -0.39 is 0 Å². The Morgan fingerprint density at radius 1 is 1.29 bits per heavy atom. The Kier molecular flexibility index (Phi) is 3.20. The molecule has 2 heterocycles. The second-order valence-electron chi connectivity index (χ2n) is 6.08. The monoisotopic (exact) mass is 283 g/mol. The van der Waals surface area contributed by atoms with Gasteiger partial charge >= 0.3 is 0 Å². The van der Waals surface area contributed by atoms with Crippen molar-refractivity contribution in [1.29, 1.82) is 0 Å². The number of anilines is 1. The summed E-state index contributed by atoms with van der Waals surface area (Å²) in [5.74, 6) is 1.11. The van der Waals surface area contributed by atoms with Crippen molar-refractivity contribution in [2.75, 3.05) is 5.73 Å². The summed E-state index contributed by atoms with van der Waals surface area (Å²) in [5, 5.41) is 12.9. The first-order valence-electron chi connectivity index (χ1n) is 7.26. The van der Waals surface area contributed by atoms with Crippen molar-refractivity contribution < 1.29 is 0 Å². The number of benzene rings is 1. The number of hydrogen-bond acceptors (Lipinski definition) is 3. The van der Waals surface area contributed by atoms with Gasteiger partial charge in [0, 0.05) is 0 Å². The summed E-state index contributed by atoms with van der Waals surface area (Å²) in [5.41, 5.74) is 11.3. The highest BCUT2D eigenvalue weighted by atomic mass is 15.4. The van der Waals surface area contributed by atoms with Crippen LogP contribution in [-0.4, -0.2) is 20.0 Å². The summed E-state index contributed by atoms with van der Waals surface area (Å²) in [6.45, 7) is 8.54. The van der Waals surface area contributed by atoms with Gasteiger partial charge in [-0.2, -0.15) is 10.2 Å². The lowest BCUT2D eigenvalue weighted by atomic mass is 10.1. The van der Waals surface area contributed by atoms with Gasteiger partial charge in [-0.25, -0.2) is 4.68 Å². The van der Waals surface area contributed by atoms with Crippen molar-refractivity contribution in [1.82, 2.24) is 20.0 Å². The number of nitrogens with one attached hydrogen (secondary N) is 1. The minimum atomic E-state index is 0.518. The van der Waals surface area contributed by atoms with Gasteiger partial charge in [-0.15, -0.1) is 0 Å². The average molecular weight is 283 g/mol. The van der Waals surface area contributed by atoms with Crippen LogP contribution < -0.4 is 5.73 Å². The number of hydrogen-bond donors (Lipinski definition) is 2. The lowest BCUT2D eigenvalue weighted by Crippen LogP contribution is -2.03. The van der Waals surface area contributed by atoms with E-state index in [0.29, 0.717) is 11.7 Å². The summed E-state index contributed by atoms with van der Waals surface area (Å²) < 4.78 is 1.90. The van der Waals surface area contributed by atoms with Crippen LogP contribution >= 0.6 is 0 Å². The summed E-state index contributed by atoms with van der Waals surface area (Å²) in [7, 11) is 0. The van der Waals surface area contributed by atoms with Gasteiger partial charge in [0.2, 0.25) is 0 Å². The Hall–Kier alpha value is -2.30. The molecule has 0 aliphatic heterocycles. The molecular weight excluding hydrogens is 262 g/mol. The van der Waals surface area contributed by atoms with E-state index in [0.717, 1.165) is 28.8 Å². The van der Waals surface area contributed by atoms with Gasteiger partial charge in [0.15, 0.2) is 5.65 Å². The normalized spacial score (nSPS) is 11.7. The van der Waals surface area contributed by atoms with E-state index in [2.05, 4.69) is 56.1 Å².